The van der Waals surface area contributed by atoms with Crippen molar-refractivity contribution in [3.05, 3.63) is 35.9 Å². The highest BCUT2D eigenvalue weighted by atomic mass is 16.3. The second-order valence-corrected chi connectivity index (χ2v) is 6.71. The van der Waals surface area contributed by atoms with Gasteiger partial charge in [-0.1, -0.05) is 50.6 Å². The van der Waals surface area contributed by atoms with Gasteiger partial charge >= 0.3 is 0 Å². The van der Waals surface area contributed by atoms with E-state index in [-0.39, 0.29) is 0 Å². The van der Waals surface area contributed by atoms with Crippen LogP contribution in [0.15, 0.2) is 30.3 Å². The van der Waals surface area contributed by atoms with E-state index in [0.717, 1.165) is 25.8 Å². The Balaban J connectivity index is 1.88. The molecule has 0 aliphatic carbocycles. The third-order valence-electron chi connectivity index (χ3n) is 5.20. The van der Waals surface area contributed by atoms with Crippen LogP contribution in [0.25, 0.3) is 0 Å². The number of nitrogens with zero attached hydrogens (tertiary/aromatic N) is 1. The largest absolute Gasteiger partial charge is 0.390 e. The van der Waals surface area contributed by atoms with Crippen molar-refractivity contribution in [2.24, 2.45) is 5.92 Å². The van der Waals surface area contributed by atoms with Gasteiger partial charge in [0.1, 0.15) is 0 Å². The maximum absolute atomic E-state index is 11.1. The average molecular weight is 289 g/mol. The van der Waals surface area contributed by atoms with Crippen LogP contribution in [-0.4, -0.2) is 35.2 Å². The molecule has 0 spiro atoms. The fourth-order valence-electron chi connectivity index (χ4n) is 3.48. The number of hydrogen-bond donors (Lipinski definition) is 1. The molecule has 0 bridgehead atoms. The van der Waals surface area contributed by atoms with E-state index >= 15 is 0 Å². The van der Waals surface area contributed by atoms with E-state index in [0.29, 0.717) is 5.92 Å². The molecule has 0 aromatic heterocycles. The van der Waals surface area contributed by atoms with Gasteiger partial charge in [-0.15, -0.1) is 0 Å². The quantitative estimate of drug-likeness (QED) is 0.823. The third kappa shape index (κ3) is 4.82. The Hall–Kier alpha value is -0.860. The average Bonchev–Trinajstić information content (AvgIpc) is 2.54. The summed E-state index contributed by atoms with van der Waals surface area (Å²) >= 11 is 0. The van der Waals surface area contributed by atoms with Crippen LogP contribution in [-0.2, 0) is 6.42 Å². The molecule has 2 atom stereocenters. The second-order valence-electron chi connectivity index (χ2n) is 6.71. The standard InChI is InChI=1S/C19H31NO/c1-3-19(21,13-12-18-10-6-4-7-11-18)17(2)16-20-14-8-5-9-15-20/h4,6-7,10-11,17,21H,3,5,8-9,12-16H2,1-2H3. The number of aliphatic hydroxyl groups is 1. The molecule has 1 fully saturated rings. The third-order valence-corrected chi connectivity index (χ3v) is 5.20. The molecule has 1 aromatic carbocycles. The summed E-state index contributed by atoms with van der Waals surface area (Å²) in [5.41, 5.74) is 0.794. The molecule has 21 heavy (non-hydrogen) atoms. The molecule has 2 unspecified atom stereocenters. The zero-order chi connectivity index (χ0) is 15.1. The number of piperidine rings is 1. The minimum atomic E-state index is -0.534. The predicted octanol–water partition coefficient (Wildman–Crippen LogP) is 3.88. The van der Waals surface area contributed by atoms with Crippen LogP contribution >= 0.6 is 0 Å². The molecule has 1 aliphatic heterocycles. The van der Waals surface area contributed by atoms with Crippen LogP contribution < -0.4 is 0 Å². The molecule has 0 saturated carbocycles. The highest BCUT2D eigenvalue weighted by molar-refractivity contribution is 5.15. The van der Waals surface area contributed by atoms with Crippen molar-refractivity contribution in [2.45, 2.75) is 58.0 Å². The lowest BCUT2D eigenvalue weighted by molar-refractivity contribution is -0.0362. The molecule has 1 N–H and O–H groups in total. The van der Waals surface area contributed by atoms with E-state index in [1.54, 1.807) is 0 Å². The lowest BCUT2D eigenvalue weighted by Crippen LogP contribution is -2.44. The molecular formula is C19H31NO. The number of likely N-dealkylation sites (tertiary alicyclic amines) is 1. The molecular weight excluding hydrogens is 258 g/mol. The number of aryl methyl sites for hydroxylation is 1. The van der Waals surface area contributed by atoms with Crippen LogP contribution in [0.1, 0.15) is 51.5 Å². The normalized spacial score (nSPS) is 20.9. The first-order valence-corrected chi connectivity index (χ1v) is 8.63. The lowest BCUT2D eigenvalue weighted by atomic mass is 9.81. The van der Waals surface area contributed by atoms with Gasteiger partial charge in [0.15, 0.2) is 0 Å². The first-order chi connectivity index (χ1) is 10.1. The van der Waals surface area contributed by atoms with Gasteiger partial charge < -0.3 is 10.0 Å². The fourth-order valence-corrected chi connectivity index (χ4v) is 3.48. The van der Waals surface area contributed by atoms with Crippen molar-refractivity contribution >= 4 is 0 Å². The van der Waals surface area contributed by atoms with Gasteiger partial charge in [0, 0.05) is 6.54 Å². The monoisotopic (exact) mass is 289 g/mol. The molecule has 0 amide bonds. The zero-order valence-corrected chi connectivity index (χ0v) is 13.7. The summed E-state index contributed by atoms with van der Waals surface area (Å²) < 4.78 is 0. The molecule has 1 heterocycles. The zero-order valence-electron chi connectivity index (χ0n) is 13.7. The molecule has 2 heteroatoms. The van der Waals surface area contributed by atoms with Crippen molar-refractivity contribution < 1.29 is 5.11 Å². The summed E-state index contributed by atoms with van der Waals surface area (Å²) in [6.07, 6.45) is 6.69. The second kappa shape index (κ2) is 7.95. The topological polar surface area (TPSA) is 23.5 Å². The maximum Gasteiger partial charge on any atom is 0.0685 e. The van der Waals surface area contributed by atoms with E-state index < -0.39 is 5.60 Å². The van der Waals surface area contributed by atoms with E-state index in [1.807, 2.05) is 0 Å². The summed E-state index contributed by atoms with van der Waals surface area (Å²) in [6, 6.07) is 10.5. The Morgan fingerprint density at radius 3 is 2.43 bits per heavy atom. The SMILES string of the molecule is CCC(O)(CCc1ccccc1)C(C)CN1CCCCC1. The molecule has 118 valence electrons. The van der Waals surface area contributed by atoms with E-state index in [4.69, 9.17) is 0 Å². The maximum atomic E-state index is 11.1. The van der Waals surface area contributed by atoms with E-state index in [2.05, 4.69) is 49.1 Å². The van der Waals surface area contributed by atoms with Crippen molar-refractivity contribution in [3.63, 3.8) is 0 Å². The minimum absolute atomic E-state index is 0.337. The molecule has 1 saturated heterocycles. The van der Waals surface area contributed by atoms with Gasteiger partial charge in [0.25, 0.3) is 0 Å². The lowest BCUT2D eigenvalue weighted by Gasteiger charge is -2.38. The van der Waals surface area contributed by atoms with Gasteiger partial charge in [-0.25, -0.2) is 0 Å². The van der Waals surface area contributed by atoms with E-state index in [9.17, 15) is 5.11 Å². The molecule has 2 rings (SSSR count). The van der Waals surface area contributed by atoms with Gasteiger partial charge in [0.05, 0.1) is 5.60 Å². The summed E-state index contributed by atoms with van der Waals surface area (Å²) in [7, 11) is 0. The molecule has 0 radical (unpaired) electrons. The van der Waals surface area contributed by atoms with Crippen molar-refractivity contribution in [3.8, 4) is 0 Å². The Kier molecular flexibility index (Phi) is 6.25. The van der Waals surface area contributed by atoms with Crippen LogP contribution in [0.4, 0.5) is 0 Å². The highest BCUT2D eigenvalue weighted by Gasteiger charge is 2.32. The number of hydrogen-bond acceptors (Lipinski definition) is 2. The van der Waals surface area contributed by atoms with Crippen LogP contribution in [0.5, 0.6) is 0 Å². The summed E-state index contributed by atoms with van der Waals surface area (Å²) in [6.45, 7) is 7.81. The Bertz CT molecular complexity index is 399. The number of benzene rings is 1. The molecule has 2 nitrogen and oxygen atoms in total. The highest BCUT2D eigenvalue weighted by Crippen LogP contribution is 2.28. The molecule has 1 aliphatic rings. The van der Waals surface area contributed by atoms with Crippen molar-refractivity contribution in [1.82, 2.24) is 4.90 Å². The predicted molar refractivity (Wildman–Crippen MR) is 89.5 cm³/mol. The first kappa shape index (κ1) is 16.5. The Morgan fingerprint density at radius 2 is 1.81 bits per heavy atom. The summed E-state index contributed by atoms with van der Waals surface area (Å²) in [5.74, 6) is 0.337. The van der Waals surface area contributed by atoms with E-state index in [1.165, 1.54) is 37.9 Å². The first-order valence-electron chi connectivity index (χ1n) is 8.63. The summed E-state index contributed by atoms with van der Waals surface area (Å²) in [4.78, 5) is 2.54. The van der Waals surface area contributed by atoms with Crippen LogP contribution in [0, 0.1) is 5.92 Å². The Labute approximate surface area is 130 Å². The minimum Gasteiger partial charge on any atom is -0.390 e. The van der Waals surface area contributed by atoms with Crippen LogP contribution in [0.3, 0.4) is 0 Å². The smallest absolute Gasteiger partial charge is 0.0685 e. The molecule has 1 aromatic rings. The van der Waals surface area contributed by atoms with Crippen molar-refractivity contribution in [1.29, 1.82) is 0 Å². The fraction of sp³-hybridized carbons (Fsp3) is 0.684. The number of rotatable bonds is 7. The van der Waals surface area contributed by atoms with Gasteiger partial charge in [0.2, 0.25) is 0 Å². The van der Waals surface area contributed by atoms with Gasteiger partial charge in [-0.05, 0) is 56.7 Å². The van der Waals surface area contributed by atoms with Gasteiger partial charge in [-0.3, -0.25) is 0 Å². The Morgan fingerprint density at radius 1 is 1.14 bits per heavy atom. The van der Waals surface area contributed by atoms with Gasteiger partial charge in [-0.2, -0.15) is 0 Å². The van der Waals surface area contributed by atoms with Crippen molar-refractivity contribution in [2.75, 3.05) is 19.6 Å². The summed E-state index contributed by atoms with van der Waals surface area (Å²) in [5, 5.41) is 11.1. The van der Waals surface area contributed by atoms with Crippen LogP contribution in [0.2, 0.25) is 0 Å².